The lowest BCUT2D eigenvalue weighted by Gasteiger charge is -2.08. The van der Waals surface area contributed by atoms with Crippen molar-refractivity contribution in [2.45, 2.75) is 0 Å². The second-order valence-electron chi connectivity index (χ2n) is 5.41. The average Bonchev–Trinajstić information content (AvgIpc) is 3.10. The molecule has 24 heavy (non-hydrogen) atoms. The minimum Gasteiger partial charge on any atom is -0.497 e. The number of fused-ring (bicyclic) bond motifs is 3. The first-order chi connectivity index (χ1) is 11.7. The van der Waals surface area contributed by atoms with Gasteiger partial charge in [0.15, 0.2) is 0 Å². The van der Waals surface area contributed by atoms with Gasteiger partial charge in [-0.05, 0) is 30.3 Å². The summed E-state index contributed by atoms with van der Waals surface area (Å²) in [5.74, 6) is 0.736. The van der Waals surface area contributed by atoms with Crippen molar-refractivity contribution in [3.05, 3.63) is 64.8 Å². The standard InChI is InChI=1S/C18H13N3O3/c1-24-13-6-7-14-15-8-9-19-18(15)17(20-16(14)10-13)11-2-4-12(5-3-11)21(22)23/h2-10,19H,1H3. The Balaban J connectivity index is 1.98. The summed E-state index contributed by atoms with van der Waals surface area (Å²) < 4.78 is 5.28. The van der Waals surface area contributed by atoms with Gasteiger partial charge in [0.2, 0.25) is 0 Å². The Kier molecular flexibility index (Phi) is 3.16. The molecule has 0 atom stereocenters. The second kappa shape index (κ2) is 5.34. The first-order valence-corrected chi connectivity index (χ1v) is 7.37. The fourth-order valence-corrected chi connectivity index (χ4v) is 2.87. The highest BCUT2D eigenvalue weighted by Crippen LogP contribution is 2.33. The van der Waals surface area contributed by atoms with Crippen LogP contribution in [0, 0.1) is 10.1 Å². The van der Waals surface area contributed by atoms with Gasteiger partial charge in [0.05, 0.1) is 28.8 Å². The Labute approximate surface area is 136 Å². The van der Waals surface area contributed by atoms with Crippen molar-refractivity contribution >= 4 is 27.5 Å². The van der Waals surface area contributed by atoms with Crippen LogP contribution in [-0.4, -0.2) is 22.0 Å². The van der Waals surface area contributed by atoms with Gasteiger partial charge >= 0.3 is 0 Å². The number of methoxy groups -OCH3 is 1. The number of aromatic nitrogens is 2. The highest BCUT2D eigenvalue weighted by Gasteiger charge is 2.13. The van der Waals surface area contributed by atoms with Crippen molar-refractivity contribution in [2.75, 3.05) is 7.11 Å². The molecule has 0 saturated heterocycles. The van der Waals surface area contributed by atoms with Crippen molar-refractivity contribution < 1.29 is 9.66 Å². The topological polar surface area (TPSA) is 81.1 Å². The van der Waals surface area contributed by atoms with Crippen LogP contribution in [0.4, 0.5) is 5.69 Å². The first-order valence-electron chi connectivity index (χ1n) is 7.37. The van der Waals surface area contributed by atoms with E-state index in [1.807, 2.05) is 30.5 Å². The van der Waals surface area contributed by atoms with Gasteiger partial charge in [0.1, 0.15) is 5.75 Å². The predicted octanol–water partition coefficient (Wildman–Crippen LogP) is 4.30. The molecule has 4 rings (SSSR count). The third-order valence-corrected chi connectivity index (χ3v) is 4.06. The summed E-state index contributed by atoms with van der Waals surface area (Å²) in [6.07, 6.45) is 1.87. The van der Waals surface area contributed by atoms with Crippen LogP contribution in [0.25, 0.3) is 33.1 Å². The number of nitrogens with one attached hydrogen (secondary N) is 1. The van der Waals surface area contributed by atoms with Gasteiger partial charge < -0.3 is 9.72 Å². The van der Waals surface area contributed by atoms with Gasteiger partial charge in [-0.2, -0.15) is 0 Å². The van der Waals surface area contributed by atoms with Gasteiger partial charge in [-0.25, -0.2) is 4.98 Å². The summed E-state index contributed by atoms with van der Waals surface area (Å²) in [6.45, 7) is 0. The molecule has 0 spiro atoms. The van der Waals surface area contributed by atoms with Crippen molar-refractivity contribution in [2.24, 2.45) is 0 Å². The fraction of sp³-hybridized carbons (Fsp3) is 0.0556. The van der Waals surface area contributed by atoms with E-state index in [4.69, 9.17) is 9.72 Å². The molecule has 0 aliphatic carbocycles. The van der Waals surface area contributed by atoms with E-state index in [9.17, 15) is 10.1 Å². The number of benzene rings is 2. The van der Waals surface area contributed by atoms with E-state index in [1.54, 1.807) is 19.2 Å². The fourth-order valence-electron chi connectivity index (χ4n) is 2.87. The van der Waals surface area contributed by atoms with Crippen molar-refractivity contribution in [3.8, 4) is 17.0 Å². The van der Waals surface area contributed by atoms with Gasteiger partial charge in [0, 0.05) is 40.7 Å². The molecular weight excluding hydrogens is 306 g/mol. The molecule has 2 heterocycles. The number of aromatic amines is 1. The molecule has 0 bridgehead atoms. The molecular formula is C18H13N3O3. The summed E-state index contributed by atoms with van der Waals surface area (Å²) in [5.41, 5.74) is 3.35. The predicted molar refractivity (Wildman–Crippen MR) is 92.2 cm³/mol. The highest BCUT2D eigenvalue weighted by molar-refractivity contribution is 6.09. The molecule has 2 aromatic heterocycles. The van der Waals surface area contributed by atoms with Crippen LogP contribution in [-0.2, 0) is 0 Å². The minimum atomic E-state index is -0.410. The van der Waals surface area contributed by atoms with E-state index in [1.165, 1.54) is 12.1 Å². The van der Waals surface area contributed by atoms with E-state index in [0.717, 1.165) is 38.8 Å². The molecule has 6 heteroatoms. The summed E-state index contributed by atoms with van der Waals surface area (Å²) >= 11 is 0. The zero-order chi connectivity index (χ0) is 16.7. The number of rotatable bonds is 3. The number of hydrogen-bond donors (Lipinski definition) is 1. The minimum absolute atomic E-state index is 0.0592. The van der Waals surface area contributed by atoms with Crippen LogP contribution >= 0.6 is 0 Å². The van der Waals surface area contributed by atoms with E-state index >= 15 is 0 Å². The molecule has 0 unspecified atom stereocenters. The van der Waals surface area contributed by atoms with Crippen LogP contribution in [0.15, 0.2) is 54.7 Å². The van der Waals surface area contributed by atoms with Crippen LogP contribution in [0.1, 0.15) is 0 Å². The lowest BCUT2D eigenvalue weighted by atomic mass is 10.0. The van der Waals surface area contributed by atoms with Gasteiger partial charge in [0.25, 0.3) is 5.69 Å². The lowest BCUT2D eigenvalue weighted by Crippen LogP contribution is -1.91. The number of nitrogens with zero attached hydrogens (tertiary/aromatic N) is 2. The number of hydrogen-bond acceptors (Lipinski definition) is 4. The maximum atomic E-state index is 10.8. The molecule has 2 aromatic carbocycles. The van der Waals surface area contributed by atoms with Gasteiger partial charge in [-0.15, -0.1) is 0 Å². The van der Waals surface area contributed by atoms with Gasteiger partial charge in [-0.3, -0.25) is 10.1 Å². The monoisotopic (exact) mass is 319 g/mol. The Bertz CT molecular complexity index is 1070. The normalized spacial score (nSPS) is 11.0. The van der Waals surface area contributed by atoms with Crippen LogP contribution in [0.2, 0.25) is 0 Å². The van der Waals surface area contributed by atoms with Crippen molar-refractivity contribution in [1.82, 2.24) is 9.97 Å². The van der Waals surface area contributed by atoms with Crippen LogP contribution in [0.5, 0.6) is 5.75 Å². The Hall–Kier alpha value is -3.41. The maximum absolute atomic E-state index is 10.8. The summed E-state index contributed by atoms with van der Waals surface area (Å²) in [4.78, 5) is 18.4. The number of nitro groups is 1. The zero-order valence-corrected chi connectivity index (χ0v) is 12.8. The summed E-state index contributed by atoms with van der Waals surface area (Å²) in [5, 5.41) is 12.9. The molecule has 0 aliphatic rings. The molecule has 6 nitrogen and oxygen atoms in total. The Morgan fingerprint density at radius 3 is 2.58 bits per heavy atom. The lowest BCUT2D eigenvalue weighted by molar-refractivity contribution is -0.384. The number of H-pyrrole nitrogens is 1. The smallest absolute Gasteiger partial charge is 0.269 e. The molecule has 1 N–H and O–H groups in total. The Morgan fingerprint density at radius 1 is 1.08 bits per heavy atom. The summed E-state index contributed by atoms with van der Waals surface area (Å²) in [6, 6.07) is 14.2. The third kappa shape index (κ3) is 2.16. The molecule has 0 aliphatic heterocycles. The molecule has 0 fully saturated rings. The number of non-ortho nitro benzene ring substituents is 1. The largest absolute Gasteiger partial charge is 0.497 e. The summed E-state index contributed by atoms with van der Waals surface area (Å²) in [7, 11) is 1.62. The SMILES string of the molecule is COc1ccc2c(c1)nc(-c1ccc([N+](=O)[O-])cc1)c1[nH]ccc12. The van der Waals surface area contributed by atoms with Crippen molar-refractivity contribution in [1.29, 1.82) is 0 Å². The molecule has 4 aromatic rings. The average molecular weight is 319 g/mol. The highest BCUT2D eigenvalue weighted by atomic mass is 16.6. The second-order valence-corrected chi connectivity index (χ2v) is 5.41. The number of ether oxygens (including phenoxy) is 1. The number of pyridine rings is 1. The molecule has 0 radical (unpaired) electrons. The van der Waals surface area contributed by atoms with Gasteiger partial charge in [-0.1, -0.05) is 0 Å². The molecule has 0 saturated carbocycles. The Morgan fingerprint density at radius 2 is 1.88 bits per heavy atom. The maximum Gasteiger partial charge on any atom is 0.269 e. The van der Waals surface area contributed by atoms with Crippen LogP contribution < -0.4 is 4.74 Å². The van der Waals surface area contributed by atoms with E-state index < -0.39 is 4.92 Å². The molecule has 118 valence electrons. The zero-order valence-electron chi connectivity index (χ0n) is 12.8. The van der Waals surface area contributed by atoms with E-state index in [-0.39, 0.29) is 5.69 Å². The quantitative estimate of drug-likeness (QED) is 0.451. The van der Waals surface area contributed by atoms with Crippen molar-refractivity contribution in [3.63, 3.8) is 0 Å². The molecule has 0 amide bonds. The van der Waals surface area contributed by atoms with E-state index in [2.05, 4.69) is 4.98 Å². The first kappa shape index (κ1) is 14.2. The van der Waals surface area contributed by atoms with Crippen LogP contribution in [0.3, 0.4) is 0 Å². The van der Waals surface area contributed by atoms with E-state index in [0.29, 0.717) is 0 Å². The third-order valence-electron chi connectivity index (χ3n) is 4.06. The number of nitro benzene ring substituents is 1.